The van der Waals surface area contributed by atoms with E-state index in [0.717, 1.165) is 51.1 Å². The lowest BCUT2D eigenvalue weighted by Crippen LogP contribution is -2.57. The van der Waals surface area contributed by atoms with Gasteiger partial charge in [0.05, 0.1) is 17.3 Å². The predicted octanol–water partition coefficient (Wildman–Crippen LogP) is 5.00. The van der Waals surface area contributed by atoms with E-state index in [0.29, 0.717) is 0 Å². The molecule has 0 saturated carbocycles. The standard InChI is InChI=1S/C26H28N2O2S/c29-25(23-11-16-31-19-23)28-14-12-26(13-15-28)20-27(17-21-7-3-1-4-8-21)18-24(30-26)22-9-5-2-6-10-22/h1-11,16,19,24H,12-15,17-18,20H2. The Balaban J connectivity index is 1.33. The highest BCUT2D eigenvalue weighted by atomic mass is 32.1. The van der Waals surface area contributed by atoms with Gasteiger partial charge in [-0.2, -0.15) is 11.3 Å². The molecule has 4 nitrogen and oxygen atoms in total. The van der Waals surface area contributed by atoms with E-state index in [1.165, 1.54) is 11.1 Å². The smallest absolute Gasteiger partial charge is 0.254 e. The van der Waals surface area contributed by atoms with Crippen molar-refractivity contribution in [1.29, 1.82) is 0 Å². The zero-order valence-electron chi connectivity index (χ0n) is 17.7. The predicted molar refractivity (Wildman–Crippen MR) is 124 cm³/mol. The zero-order chi connectivity index (χ0) is 21.1. The second-order valence-electron chi connectivity index (χ2n) is 8.66. The molecule has 2 aliphatic rings. The molecule has 2 saturated heterocycles. The maximum absolute atomic E-state index is 12.8. The summed E-state index contributed by atoms with van der Waals surface area (Å²) in [7, 11) is 0. The van der Waals surface area contributed by atoms with Crippen LogP contribution in [0.25, 0.3) is 0 Å². The molecular weight excluding hydrogens is 404 g/mol. The number of piperidine rings is 1. The molecule has 1 atom stereocenters. The maximum Gasteiger partial charge on any atom is 0.254 e. The van der Waals surface area contributed by atoms with Gasteiger partial charge in [-0.15, -0.1) is 0 Å². The lowest BCUT2D eigenvalue weighted by molar-refractivity contribution is -0.177. The zero-order valence-corrected chi connectivity index (χ0v) is 18.5. The molecule has 0 bridgehead atoms. The first-order valence-corrected chi connectivity index (χ1v) is 12.0. The van der Waals surface area contributed by atoms with Crippen molar-refractivity contribution in [2.75, 3.05) is 26.2 Å². The van der Waals surface area contributed by atoms with Gasteiger partial charge in [-0.25, -0.2) is 0 Å². The molecule has 1 amide bonds. The third-order valence-electron chi connectivity index (χ3n) is 6.48. The molecule has 2 fully saturated rings. The van der Waals surface area contributed by atoms with E-state index >= 15 is 0 Å². The fourth-order valence-electron chi connectivity index (χ4n) is 4.85. The van der Waals surface area contributed by atoms with E-state index in [4.69, 9.17) is 4.74 Å². The Morgan fingerprint density at radius 3 is 2.39 bits per heavy atom. The second-order valence-corrected chi connectivity index (χ2v) is 9.44. The highest BCUT2D eigenvalue weighted by Crippen LogP contribution is 2.38. The summed E-state index contributed by atoms with van der Waals surface area (Å²) in [6.07, 6.45) is 1.80. The molecule has 5 heteroatoms. The molecule has 0 N–H and O–H groups in total. The third-order valence-corrected chi connectivity index (χ3v) is 7.16. The number of rotatable bonds is 4. The first-order valence-electron chi connectivity index (χ1n) is 11.0. The average Bonchev–Trinajstić information content (AvgIpc) is 3.35. The number of hydrogen-bond donors (Lipinski definition) is 0. The van der Waals surface area contributed by atoms with Crippen LogP contribution in [0.5, 0.6) is 0 Å². The first-order chi connectivity index (χ1) is 15.2. The third kappa shape index (κ3) is 4.59. The van der Waals surface area contributed by atoms with Crippen LogP contribution in [0.3, 0.4) is 0 Å². The van der Waals surface area contributed by atoms with Crippen LogP contribution in [-0.2, 0) is 11.3 Å². The highest BCUT2D eigenvalue weighted by Gasteiger charge is 2.44. The number of likely N-dealkylation sites (tertiary alicyclic amines) is 1. The van der Waals surface area contributed by atoms with Crippen LogP contribution in [0.2, 0.25) is 0 Å². The van der Waals surface area contributed by atoms with Crippen LogP contribution >= 0.6 is 11.3 Å². The topological polar surface area (TPSA) is 32.8 Å². The molecule has 160 valence electrons. The Morgan fingerprint density at radius 2 is 1.71 bits per heavy atom. The van der Waals surface area contributed by atoms with Crippen molar-refractivity contribution in [3.8, 4) is 0 Å². The Hall–Kier alpha value is -2.47. The van der Waals surface area contributed by atoms with Crippen LogP contribution in [0.4, 0.5) is 0 Å². The lowest BCUT2D eigenvalue weighted by Gasteiger charge is -2.50. The summed E-state index contributed by atoms with van der Waals surface area (Å²) in [5.74, 6) is 0.146. The van der Waals surface area contributed by atoms with E-state index in [-0.39, 0.29) is 17.6 Å². The minimum Gasteiger partial charge on any atom is -0.364 e. The van der Waals surface area contributed by atoms with Gasteiger partial charge in [-0.3, -0.25) is 9.69 Å². The normalized spacial score (nSPS) is 21.3. The van der Waals surface area contributed by atoms with E-state index < -0.39 is 0 Å². The van der Waals surface area contributed by atoms with Gasteiger partial charge < -0.3 is 9.64 Å². The van der Waals surface area contributed by atoms with Crippen molar-refractivity contribution in [1.82, 2.24) is 9.80 Å². The first kappa shape index (κ1) is 20.4. The van der Waals surface area contributed by atoms with E-state index in [9.17, 15) is 4.79 Å². The van der Waals surface area contributed by atoms with Gasteiger partial charge in [0.1, 0.15) is 0 Å². The Morgan fingerprint density at radius 1 is 1.00 bits per heavy atom. The largest absolute Gasteiger partial charge is 0.364 e. The van der Waals surface area contributed by atoms with Crippen LogP contribution < -0.4 is 0 Å². The molecule has 1 aromatic heterocycles. The molecule has 31 heavy (non-hydrogen) atoms. The molecule has 3 aromatic rings. The van der Waals surface area contributed by atoms with Crippen molar-refractivity contribution in [2.45, 2.75) is 31.1 Å². The number of carbonyl (C=O) groups excluding carboxylic acids is 1. The van der Waals surface area contributed by atoms with Crippen LogP contribution in [0, 0.1) is 0 Å². The van der Waals surface area contributed by atoms with Gasteiger partial charge in [0, 0.05) is 38.1 Å². The van der Waals surface area contributed by atoms with Gasteiger partial charge in [-0.1, -0.05) is 60.7 Å². The Bertz CT molecular complexity index is 983. The number of carbonyl (C=O) groups is 1. The van der Waals surface area contributed by atoms with E-state index in [1.54, 1.807) is 11.3 Å². The summed E-state index contributed by atoms with van der Waals surface area (Å²) in [4.78, 5) is 17.3. The molecule has 3 heterocycles. The van der Waals surface area contributed by atoms with Crippen LogP contribution in [-0.4, -0.2) is 47.5 Å². The molecule has 2 aliphatic heterocycles. The summed E-state index contributed by atoms with van der Waals surface area (Å²) in [5, 5.41) is 3.91. The highest BCUT2D eigenvalue weighted by molar-refractivity contribution is 7.08. The van der Waals surface area contributed by atoms with Crippen molar-refractivity contribution in [3.05, 3.63) is 94.2 Å². The number of ether oxygens (including phenoxy) is 1. The quantitative estimate of drug-likeness (QED) is 0.582. The summed E-state index contributed by atoms with van der Waals surface area (Å²) in [5.41, 5.74) is 3.16. The Labute approximate surface area is 188 Å². The number of thiophene rings is 1. The molecule has 0 aliphatic carbocycles. The number of nitrogens with zero attached hydrogens (tertiary/aromatic N) is 2. The van der Waals surface area contributed by atoms with Gasteiger partial charge in [0.15, 0.2) is 0 Å². The molecule has 1 spiro atoms. The van der Waals surface area contributed by atoms with Crippen LogP contribution in [0.15, 0.2) is 77.5 Å². The molecule has 2 aromatic carbocycles. The van der Waals surface area contributed by atoms with E-state index in [2.05, 4.69) is 65.6 Å². The number of benzene rings is 2. The van der Waals surface area contributed by atoms with Crippen molar-refractivity contribution >= 4 is 17.2 Å². The van der Waals surface area contributed by atoms with Gasteiger partial charge in [0.2, 0.25) is 0 Å². The minimum absolute atomic E-state index is 0.0535. The van der Waals surface area contributed by atoms with Gasteiger partial charge >= 0.3 is 0 Å². The number of morpholine rings is 1. The number of amides is 1. The molecule has 1 unspecified atom stereocenters. The fraction of sp³-hybridized carbons (Fsp3) is 0.346. The van der Waals surface area contributed by atoms with Crippen molar-refractivity contribution < 1.29 is 9.53 Å². The van der Waals surface area contributed by atoms with Gasteiger partial charge in [0.25, 0.3) is 5.91 Å². The lowest BCUT2D eigenvalue weighted by atomic mass is 9.87. The van der Waals surface area contributed by atoms with E-state index in [1.807, 2.05) is 21.7 Å². The summed E-state index contributed by atoms with van der Waals surface area (Å²) < 4.78 is 6.81. The van der Waals surface area contributed by atoms with Crippen molar-refractivity contribution in [3.63, 3.8) is 0 Å². The monoisotopic (exact) mass is 432 g/mol. The fourth-order valence-corrected chi connectivity index (χ4v) is 5.48. The molecular formula is C26H28N2O2S. The average molecular weight is 433 g/mol. The van der Waals surface area contributed by atoms with Crippen molar-refractivity contribution in [2.24, 2.45) is 0 Å². The Kier molecular flexibility index (Phi) is 5.90. The summed E-state index contributed by atoms with van der Waals surface area (Å²) >= 11 is 1.57. The molecule has 5 rings (SSSR count). The minimum atomic E-state index is -0.209. The van der Waals surface area contributed by atoms with Crippen LogP contribution in [0.1, 0.15) is 40.4 Å². The number of hydrogen-bond acceptors (Lipinski definition) is 4. The van der Waals surface area contributed by atoms with Gasteiger partial charge in [-0.05, 0) is 35.4 Å². The SMILES string of the molecule is O=C(c1ccsc1)N1CCC2(CC1)CN(Cc1ccccc1)CC(c1ccccc1)O2. The molecule has 0 radical (unpaired) electrons. The maximum atomic E-state index is 12.8. The second kappa shape index (κ2) is 8.95. The summed E-state index contributed by atoms with van der Waals surface area (Å²) in [6, 6.07) is 23.1. The summed E-state index contributed by atoms with van der Waals surface area (Å²) in [6.45, 7) is 4.21.